The fourth-order valence-corrected chi connectivity index (χ4v) is 1.85. The number of carbonyl (C=O) groups is 1. The van der Waals surface area contributed by atoms with Gasteiger partial charge in [0.05, 0.1) is 7.11 Å². The first-order valence-electron chi connectivity index (χ1n) is 7.04. The highest BCUT2D eigenvalue weighted by atomic mass is 16.5. The molecule has 0 saturated heterocycles. The van der Waals surface area contributed by atoms with Gasteiger partial charge in [-0.25, -0.2) is 0 Å². The van der Waals surface area contributed by atoms with Crippen molar-refractivity contribution in [3.05, 3.63) is 36.4 Å². The number of nitrogens with two attached hydrogens (primary N) is 1. The van der Waals surface area contributed by atoms with Gasteiger partial charge in [-0.3, -0.25) is 4.79 Å². The maximum absolute atomic E-state index is 11.6. The normalized spacial score (nSPS) is 11.6. The Balaban J connectivity index is 2.81. The van der Waals surface area contributed by atoms with Crippen LogP contribution >= 0.6 is 0 Å². The lowest BCUT2D eigenvalue weighted by atomic mass is 10.0. The van der Waals surface area contributed by atoms with Crippen molar-refractivity contribution in [2.24, 2.45) is 5.73 Å². The molecule has 1 rings (SSSR count). The fraction of sp³-hybridized carbons (Fsp3) is 0.438. The van der Waals surface area contributed by atoms with Crippen molar-refractivity contribution >= 4 is 5.91 Å². The molecule has 5 nitrogen and oxygen atoms in total. The summed E-state index contributed by atoms with van der Waals surface area (Å²) in [6.07, 6.45) is 3.17. The molecule has 0 bridgehead atoms. The van der Waals surface area contributed by atoms with Crippen LogP contribution in [0.4, 0.5) is 0 Å². The zero-order chi connectivity index (χ0) is 15.7. The van der Waals surface area contributed by atoms with Crippen LogP contribution < -0.4 is 20.5 Å². The predicted molar refractivity (Wildman–Crippen MR) is 83.7 cm³/mol. The minimum absolute atomic E-state index is 0.0500. The molecule has 116 valence electrons. The van der Waals surface area contributed by atoms with Crippen LogP contribution in [0.15, 0.2) is 30.9 Å². The topological polar surface area (TPSA) is 73.6 Å². The molecule has 0 aromatic heterocycles. The quantitative estimate of drug-likeness (QED) is 0.679. The summed E-state index contributed by atoms with van der Waals surface area (Å²) in [7, 11) is 1.57. The standard InChI is InChI=1S/C16H24N2O3/c1-4-9-18-15(19)11-21-16-12(10-13(17)5-2)7-6-8-14(16)20-3/h4,6-8,13H,1,5,9-11,17H2,2-3H3,(H,18,19). The minimum atomic E-state index is -0.202. The van der Waals surface area contributed by atoms with Gasteiger partial charge in [0.2, 0.25) is 0 Å². The molecule has 1 unspecified atom stereocenters. The molecule has 1 amide bonds. The van der Waals surface area contributed by atoms with Gasteiger partial charge in [-0.1, -0.05) is 25.1 Å². The zero-order valence-corrected chi connectivity index (χ0v) is 12.7. The summed E-state index contributed by atoms with van der Waals surface area (Å²) in [5.41, 5.74) is 6.95. The van der Waals surface area contributed by atoms with Crippen molar-refractivity contribution in [1.29, 1.82) is 0 Å². The van der Waals surface area contributed by atoms with E-state index < -0.39 is 0 Å². The van der Waals surface area contributed by atoms with E-state index in [0.29, 0.717) is 24.5 Å². The SMILES string of the molecule is C=CCNC(=O)COc1c(CC(N)CC)cccc1OC. The Bertz CT molecular complexity index is 475. The summed E-state index contributed by atoms with van der Waals surface area (Å²) in [4.78, 5) is 11.6. The molecule has 0 aliphatic rings. The third-order valence-corrected chi connectivity index (χ3v) is 3.08. The predicted octanol–water partition coefficient (Wildman–Crippen LogP) is 1.66. The Hall–Kier alpha value is -2.01. The summed E-state index contributed by atoms with van der Waals surface area (Å²) in [5.74, 6) is 0.983. The van der Waals surface area contributed by atoms with Gasteiger partial charge in [0.1, 0.15) is 0 Å². The molecule has 0 fully saturated rings. The van der Waals surface area contributed by atoms with Crippen LogP contribution in [-0.2, 0) is 11.2 Å². The second kappa shape index (κ2) is 9.02. The first-order valence-corrected chi connectivity index (χ1v) is 7.04. The van der Waals surface area contributed by atoms with E-state index in [0.717, 1.165) is 12.0 Å². The third kappa shape index (κ3) is 5.47. The van der Waals surface area contributed by atoms with Crippen molar-refractivity contribution in [1.82, 2.24) is 5.32 Å². The van der Waals surface area contributed by atoms with Gasteiger partial charge in [-0.2, -0.15) is 0 Å². The molecule has 0 saturated carbocycles. The molecule has 1 atom stereocenters. The Labute approximate surface area is 126 Å². The van der Waals surface area contributed by atoms with E-state index in [2.05, 4.69) is 11.9 Å². The summed E-state index contributed by atoms with van der Waals surface area (Å²) in [6, 6.07) is 5.68. The summed E-state index contributed by atoms with van der Waals surface area (Å²) in [5, 5.41) is 2.66. The molecule has 5 heteroatoms. The van der Waals surface area contributed by atoms with E-state index in [9.17, 15) is 4.79 Å². The van der Waals surface area contributed by atoms with E-state index in [1.165, 1.54) is 0 Å². The number of carbonyl (C=O) groups excluding carboxylic acids is 1. The van der Waals surface area contributed by atoms with Crippen LogP contribution in [0.1, 0.15) is 18.9 Å². The molecule has 0 aliphatic carbocycles. The number of nitrogens with one attached hydrogen (secondary N) is 1. The maximum Gasteiger partial charge on any atom is 0.258 e. The molecule has 21 heavy (non-hydrogen) atoms. The van der Waals surface area contributed by atoms with Crippen LogP contribution in [-0.4, -0.2) is 32.2 Å². The van der Waals surface area contributed by atoms with E-state index in [4.69, 9.17) is 15.2 Å². The largest absolute Gasteiger partial charge is 0.493 e. The number of ether oxygens (including phenoxy) is 2. The van der Waals surface area contributed by atoms with Gasteiger partial charge in [-0.05, 0) is 24.5 Å². The van der Waals surface area contributed by atoms with Crippen molar-refractivity contribution in [2.75, 3.05) is 20.3 Å². The van der Waals surface area contributed by atoms with Crippen molar-refractivity contribution in [3.63, 3.8) is 0 Å². The van der Waals surface area contributed by atoms with E-state index in [-0.39, 0.29) is 18.6 Å². The van der Waals surface area contributed by atoms with Gasteiger partial charge >= 0.3 is 0 Å². The monoisotopic (exact) mass is 292 g/mol. The Morgan fingerprint density at radius 1 is 1.52 bits per heavy atom. The van der Waals surface area contributed by atoms with Gasteiger partial charge in [0, 0.05) is 12.6 Å². The molecule has 1 aromatic rings. The highest BCUT2D eigenvalue weighted by Crippen LogP contribution is 2.31. The average molecular weight is 292 g/mol. The number of hydrogen-bond donors (Lipinski definition) is 2. The first-order chi connectivity index (χ1) is 10.1. The van der Waals surface area contributed by atoms with Crippen LogP contribution in [0.3, 0.4) is 0 Å². The number of methoxy groups -OCH3 is 1. The van der Waals surface area contributed by atoms with Crippen molar-refractivity contribution in [2.45, 2.75) is 25.8 Å². The summed E-state index contributed by atoms with van der Waals surface area (Å²) < 4.78 is 10.9. The highest BCUT2D eigenvalue weighted by Gasteiger charge is 2.14. The van der Waals surface area contributed by atoms with Crippen LogP contribution in [0.2, 0.25) is 0 Å². The number of rotatable bonds is 9. The molecule has 0 heterocycles. The third-order valence-electron chi connectivity index (χ3n) is 3.08. The van der Waals surface area contributed by atoms with E-state index >= 15 is 0 Å². The molecular weight excluding hydrogens is 268 g/mol. The number of para-hydroxylation sites is 1. The Morgan fingerprint density at radius 3 is 2.90 bits per heavy atom. The molecule has 3 N–H and O–H groups in total. The Kier molecular flexibility index (Phi) is 7.32. The maximum atomic E-state index is 11.6. The summed E-state index contributed by atoms with van der Waals surface area (Å²) in [6.45, 7) is 5.93. The minimum Gasteiger partial charge on any atom is -0.493 e. The molecule has 1 aromatic carbocycles. The van der Waals surface area contributed by atoms with Gasteiger partial charge in [0.25, 0.3) is 5.91 Å². The van der Waals surface area contributed by atoms with Crippen LogP contribution in [0.5, 0.6) is 11.5 Å². The van der Waals surface area contributed by atoms with Crippen LogP contribution in [0.25, 0.3) is 0 Å². The fourth-order valence-electron chi connectivity index (χ4n) is 1.85. The smallest absolute Gasteiger partial charge is 0.258 e. The van der Waals surface area contributed by atoms with Gasteiger partial charge in [0.15, 0.2) is 18.1 Å². The van der Waals surface area contributed by atoms with Crippen LogP contribution in [0, 0.1) is 0 Å². The van der Waals surface area contributed by atoms with Crippen molar-refractivity contribution in [3.8, 4) is 11.5 Å². The van der Waals surface area contributed by atoms with Crippen molar-refractivity contribution < 1.29 is 14.3 Å². The van der Waals surface area contributed by atoms with E-state index in [1.807, 2.05) is 19.1 Å². The number of amides is 1. The lowest BCUT2D eigenvalue weighted by Crippen LogP contribution is -2.29. The zero-order valence-electron chi connectivity index (χ0n) is 12.7. The molecule has 0 spiro atoms. The lowest BCUT2D eigenvalue weighted by Gasteiger charge is -2.17. The molecular formula is C16H24N2O3. The number of benzene rings is 1. The first kappa shape index (κ1) is 17.0. The lowest BCUT2D eigenvalue weighted by molar-refractivity contribution is -0.122. The summed E-state index contributed by atoms with van der Waals surface area (Å²) >= 11 is 0. The average Bonchev–Trinajstić information content (AvgIpc) is 2.51. The Morgan fingerprint density at radius 2 is 2.29 bits per heavy atom. The van der Waals surface area contributed by atoms with Gasteiger partial charge in [-0.15, -0.1) is 6.58 Å². The van der Waals surface area contributed by atoms with Gasteiger partial charge < -0.3 is 20.5 Å². The number of hydrogen-bond acceptors (Lipinski definition) is 4. The second-order valence-corrected chi connectivity index (χ2v) is 4.70. The molecule has 0 aliphatic heterocycles. The van der Waals surface area contributed by atoms with E-state index in [1.54, 1.807) is 19.3 Å². The highest BCUT2D eigenvalue weighted by molar-refractivity contribution is 5.77. The second-order valence-electron chi connectivity index (χ2n) is 4.70. The molecule has 0 radical (unpaired) electrons.